The predicted octanol–water partition coefficient (Wildman–Crippen LogP) is 2.71. The molecular formula is C14H19NO. The Morgan fingerprint density at radius 2 is 1.62 bits per heavy atom. The van der Waals surface area contributed by atoms with Crippen molar-refractivity contribution in [2.75, 3.05) is 14.1 Å². The Morgan fingerprint density at radius 1 is 1.12 bits per heavy atom. The Labute approximate surface area is 97.6 Å². The van der Waals surface area contributed by atoms with Gasteiger partial charge in [0.2, 0.25) is 0 Å². The van der Waals surface area contributed by atoms with E-state index in [2.05, 4.69) is 19.1 Å². The fourth-order valence-electron chi connectivity index (χ4n) is 2.07. The quantitative estimate of drug-likeness (QED) is 0.573. The van der Waals surface area contributed by atoms with E-state index in [9.17, 15) is 4.79 Å². The summed E-state index contributed by atoms with van der Waals surface area (Å²) in [6.45, 7) is 6.16. The van der Waals surface area contributed by atoms with Gasteiger partial charge in [-0.05, 0) is 37.5 Å². The summed E-state index contributed by atoms with van der Waals surface area (Å²) in [5.74, 6) is 0. The summed E-state index contributed by atoms with van der Waals surface area (Å²) in [7, 11) is 3.84. The van der Waals surface area contributed by atoms with Crippen LogP contribution in [0.3, 0.4) is 0 Å². The Morgan fingerprint density at radius 3 is 2.00 bits per heavy atom. The van der Waals surface area contributed by atoms with Crippen LogP contribution in [-0.4, -0.2) is 25.3 Å². The molecular weight excluding hydrogens is 198 g/mol. The number of benzene rings is 1. The summed E-state index contributed by atoms with van der Waals surface area (Å²) in [6.07, 6.45) is 2.78. The summed E-state index contributed by atoms with van der Waals surface area (Å²) in [4.78, 5) is 13.0. The van der Waals surface area contributed by atoms with Gasteiger partial charge in [0.25, 0.3) is 0 Å². The highest BCUT2D eigenvalue weighted by Crippen LogP contribution is 2.23. The number of hydrogen-bond donors (Lipinski definition) is 0. The monoisotopic (exact) mass is 217 g/mol. The number of carbonyl (C=O) groups excluding carboxylic acids is 1. The van der Waals surface area contributed by atoms with E-state index in [-0.39, 0.29) is 0 Å². The SMILES string of the molecule is Cc1cc(C)c(C(C=O)=CN(C)C)c(C)c1. The maximum atomic E-state index is 11.1. The first-order chi connectivity index (χ1) is 7.45. The zero-order valence-electron chi connectivity index (χ0n) is 10.7. The second kappa shape index (κ2) is 4.97. The lowest BCUT2D eigenvalue weighted by molar-refractivity contribution is -0.103. The second-order valence-corrected chi connectivity index (χ2v) is 4.44. The standard InChI is InChI=1S/C14H19NO/c1-10-6-11(2)14(12(3)7-10)13(9-16)8-15(4)5/h6-9H,1-5H3. The average molecular weight is 217 g/mol. The summed E-state index contributed by atoms with van der Waals surface area (Å²) in [5, 5.41) is 0. The van der Waals surface area contributed by atoms with Crippen molar-refractivity contribution in [2.45, 2.75) is 20.8 Å². The molecule has 0 radical (unpaired) electrons. The number of allylic oxidation sites excluding steroid dienone is 1. The molecule has 0 unspecified atom stereocenters. The number of aryl methyl sites for hydroxylation is 3. The van der Waals surface area contributed by atoms with Gasteiger partial charge in [-0.3, -0.25) is 4.79 Å². The van der Waals surface area contributed by atoms with E-state index in [0.717, 1.165) is 28.5 Å². The molecule has 1 aromatic rings. The first-order valence-electron chi connectivity index (χ1n) is 5.37. The Hall–Kier alpha value is -1.57. The van der Waals surface area contributed by atoms with Crippen LogP contribution in [0.25, 0.3) is 5.57 Å². The molecule has 0 atom stereocenters. The summed E-state index contributed by atoms with van der Waals surface area (Å²) in [5.41, 5.74) is 5.32. The lowest BCUT2D eigenvalue weighted by Gasteiger charge is -2.13. The fourth-order valence-corrected chi connectivity index (χ4v) is 2.07. The van der Waals surface area contributed by atoms with Crippen molar-refractivity contribution in [3.63, 3.8) is 0 Å². The van der Waals surface area contributed by atoms with E-state index in [4.69, 9.17) is 0 Å². The molecule has 0 aliphatic rings. The third-order valence-corrected chi connectivity index (χ3v) is 2.49. The zero-order chi connectivity index (χ0) is 12.3. The first kappa shape index (κ1) is 12.5. The molecule has 0 bridgehead atoms. The van der Waals surface area contributed by atoms with Crippen LogP contribution in [-0.2, 0) is 4.79 Å². The number of hydrogen-bond acceptors (Lipinski definition) is 2. The topological polar surface area (TPSA) is 20.3 Å². The van der Waals surface area contributed by atoms with Gasteiger partial charge in [0.1, 0.15) is 0 Å². The molecule has 0 saturated carbocycles. The van der Waals surface area contributed by atoms with Gasteiger partial charge >= 0.3 is 0 Å². The van der Waals surface area contributed by atoms with Gasteiger partial charge in [0, 0.05) is 25.9 Å². The van der Waals surface area contributed by atoms with Crippen molar-refractivity contribution in [3.8, 4) is 0 Å². The van der Waals surface area contributed by atoms with Crippen LogP contribution in [0.2, 0.25) is 0 Å². The molecule has 0 amide bonds. The molecule has 2 heteroatoms. The summed E-state index contributed by atoms with van der Waals surface area (Å²) >= 11 is 0. The van der Waals surface area contributed by atoms with Crippen molar-refractivity contribution in [3.05, 3.63) is 40.6 Å². The van der Waals surface area contributed by atoms with E-state index in [1.807, 2.05) is 39.0 Å². The largest absolute Gasteiger partial charge is 0.383 e. The van der Waals surface area contributed by atoms with Crippen LogP contribution in [0.4, 0.5) is 0 Å². The first-order valence-corrected chi connectivity index (χ1v) is 5.37. The molecule has 1 aromatic carbocycles. The lowest BCUT2D eigenvalue weighted by atomic mass is 9.95. The third kappa shape index (κ3) is 2.72. The van der Waals surface area contributed by atoms with Crippen LogP contribution in [0.15, 0.2) is 18.3 Å². The van der Waals surface area contributed by atoms with Crippen LogP contribution in [0.1, 0.15) is 22.3 Å². The molecule has 0 heterocycles. The molecule has 16 heavy (non-hydrogen) atoms. The molecule has 0 aromatic heterocycles. The van der Waals surface area contributed by atoms with Crippen LogP contribution in [0, 0.1) is 20.8 Å². The zero-order valence-corrected chi connectivity index (χ0v) is 10.7. The van der Waals surface area contributed by atoms with E-state index in [1.54, 1.807) is 0 Å². The molecule has 0 saturated heterocycles. The van der Waals surface area contributed by atoms with Gasteiger partial charge in [-0.25, -0.2) is 0 Å². The minimum absolute atomic E-state index is 0.736. The van der Waals surface area contributed by atoms with Crippen LogP contribution >= 0.6 is 0 Å². The van der Waals surface area contributed by atoms with Gasteiger partial charge < -0.3 is 4.90 Å². The number of carbonyl (C=O) groups is 1. The molecule has 86 valence electrons. The van der Waals surface area contributed by atoms with Crippen molar-refractivity contribution in [2.24, 2.45) is 0 Å². The highest BCUT2D eigenvalue weighted by molar-refractivity contribution is 6.07. The minimum Gasteiger partial charge on any atom is -0.383 e. The second-order valence-electron chi connectivity index (χ2n) is 4.44. The van der Waals surface area contributed by atoms with Gasteiger partial charge in [-0.15, -0.1) is 0 Å². The number of nitrogens with zero attached hydrogens (tertiary/aromatic N) is 1. The van der Waals surface area contributed by atoms with E-state index in [1.165, 1.54) is 5.56 Å². The third-order valence-electron chi connectivity index (χ3n) is 2.49. The van der Waals surface area contributed by atoms with Crippen molar-refractivity contribution in [1.29, 1.82) is 0 Å². The molecule has 1 rings (SSSR count). The molecule has 0 fully saturated rings. The van der Waals surface area contributed by atoms with E-state index >= 15 is 0 Å². The number of aldehydes is 1. The van der Waals surface area contributed by atoms with Crippen LogP contribution < -0.4 is 0 Å². The Bertz CT molecular complexity index is 407. The van der Waals surface area contributed by atoms with E-state index < -0.39 is 0 Å². The van der Waals surface area contributed by atoms with Crippen molar-refractivity contribution in [1.82, 2.24) is 4.90 Å². The normalized spacial score (nSPS) is 11.4. The molecule has 2 nitrogen and oxygen atoms in total. The maximum Gasteiger partial charge on any atom is 0.152 e. The summed E-state index contributed by atoms with van der Waals surface area (Å²) in [6, 6.07) is 4.21. The molecule has 0 aliphatic carbocycles. The predicted molar refractivity (Wildman–Crippen MR) is 68.4 cm³/mol. The number of rotatable bonds is 3. The van der Waals surface area contributed by atoms with Gasteiger partial charge in [0.05, 0.1) is 0 Å². The van der Waals surface area contributed by atoms with E-state index in [0.29, 0.717) is 0 Å². The molecule has 0 N–H and O–H groups in total. The smallest absolute Gasteiger partial charge is 0.152 e. The Kier molecular flexibility index (Phi) is 3.88. The minimum atomic E-state index is 0.736. The van der Waals surface area contributed by atoms with Gasteiger partial charge in [-0.1, -0.05) is 17.7 Å². The fraction of sp³-hybridized carbons (Fsp3) is 0.357. The van der Waals surface area contributed by atoms with Gasteiger partial charge in [0.15, 0.2) is 6.29 Å². The highest BCUT2D eigenvalue weighted by atomic mass is 16.1. The Balaban J connectivity index is 3.36. The van der Waals surface area contributed by atoms with Crippen molar-refractivity contribution >= 4 is 11.9 Å². The highest BCUT2D eigenvalue weighted by Gasteiger charge is 2.08. The van der Waals surface area contributed by atoms with Gasteiger partial charge in [-0.2, -0.15) is 0 Å². The maximum absolute atomic E-state index is 11.1. The molecule has 0 spiro atoms. The summed E-state index contributed by atoms with van der Waals surface area (Å²) < 4.78 is 0. The van der Waals surface area contributed by atoms with Crippen LogP contribution in [0.5, 0.6) is 0 Å². The van der Waals surface area contributed by atoms with Crippen molar-refractivity contribution < 1.29 is 4.79 Å². The average Bonchev–Trinajstić information content (AvgIpc) is 2.13. The molecule has 0 aliphatic heterocycles. The lowest BCUT2D eigenvalue weighted by Crippen LogP contribution is -2.05.